The van der Waals surface area contributed by atoms with Crippen LogP contribution in [0.15, 0.2) is 60.7 Å². The van der Waals surface area contributed by atoms with Crippen molar-refractivity contribution in [2.24, 2.45) is 0 Å². The Labute approximate surface area is 139 Å². The van der Waals surface area contributed by atoms with Crippen LogP contribution in [-0.2, 0) is 6.42 Å². The Morgan fingerprint density at radius 3 is 2.35 bits per heavy atom. The van der Waals surface area contributed by atoms with E-state index in [1.54, 1.807) is 5.19 Å². The normalized spacial score (nSPS) is 14.0. The quantitative estimate of drug-likeness (QED) is 0.549. The van der Waals surface area contributed by atoms with Crippen LogP contribution in [0.3, 0.4) is 0 Å². The average Bonchev–Trinajstić information content (AvgIpc) is 2.96. The van der Waals surface area contributed by atoms with Gasteiger partial charge in [0.25, 0.3) is 0 Å². The van der Waals surface area contributed by atoms with Crippen molar-refractivity contribution in [1.29, 1.82) is 0 Å². The molecule has 0 unspecified atom stereocenters. The molecule has 0 aromatic heterocycles. The summed E-state index contributed by atoms with van der Waals surface area (Å²) in [6, 6.07) is 22.5. The zero-order valence-corrected chi connectivity index (χ0v) is 15.1. The van der Waals surface area contributed by atoms with Gasteiger partial charge < -0.3 is 0 Å². The highest BCUT2D eigenvalue weighted by Gasteiger charge is 2.21. The second kappa shape index (κ2) is 5.21. The summed E-state index contributed by atoms with van der Waals surface area (Å²) < 4.78 is 0. The molecule has 0 nitrogen and oxygen atoms in total. The Hall–Kier alpha value is -2.12. The third kappa shape index (κ3) is 2.55. The summed E-state index contributed by atoms with van der Waals surface area (Å²) in [6.45, 7) is 7.29. The van der Waals surface area contributed by atoms with Gasteiger partial charge in [0.2, 0.25) is 0 Å². The van der Waals surface area contributed by atoms with E-state index in [2.05, 4.69) is 86.4 Å². The molecule has 0 spiro atoms. The SMILES string of the molecule is C[Si](C)(C)c1cc(C2=Cc3ccccc3C2)c2ccccc2c1. The maximum absolute atomic E-state index is 2.46. The van der Waals surface area contributed by atoms with Crippen molar-refractivity contribution in [3.8, 4) is 0 Å². The first-order valence-corrected chi connectivity index (χ1v) is 11.8. The fourth-order valence-corrected chi connectivity index (χ4v) is 4.63. The molecule has 0 saturated heterocycles. The number of hydrogen-bond donors (Lipinski definition) is 0. The van der Waals surface area contributed by atoms with E-state index in [1.165, 1.54) is 33.0 Å². The molecule has 114 valence electrons. The maximum atomic E-state index is 2.46. The molecule has 1 heteroatoms. The second-order valence-corrected chi connectivity index (χ2v) is 12.6. The Balaban J connectivity index is 1.94. The highest BCUT2D eigenvalue weighted by Crippen LogP contribution is 2.34. The minimum absolute atomic E-state index is 1.05. The van der Waals surface area contributed by atoms with Crippen molar-refractivity contribution in [1.82, 2.24) is 0 Å². The van der Waals surface area contributed by atoms with Crippen LogP contribution in [-0.4, -0.2) is 8.07 Å². The lowest BCUT2D eigenvalue weighted by molar-refractivity contribution is 1.32. The lowest BCUT2D eigenvalue weighted by Crippen LogP contribution is -2.37. The molecule has 1 aliphatic carbocycles. The van der Waals surface area contributed by atoms with Gasteiger partial charge in [-0.05, 0) is 39.5 Å². The van der Waals surface area contributed by atoms with E-state index >= 15 is 0 Å². The third-order valence-corrected chi connectivity index (χ3v) is 6.86. The predicted molar refractivity (Wildman–Crippen MR) is 105 cm³/mol. The van der Waals surface area contributed by atoms with Crippen LogP contribution in [0.4, 0.5) is 0 Å². The standard InChI is InChI=1S/C22H22Si/c1-23(2,3)20-14-18-10-6-7-11-21(18)22(15-20)19-12-16-8-4-5-9-17(16)13-19/h4-12,14-15H,13H2,1-3H3. The van der Waals surface area contributed by atoms with Gasteiger partial charge in [-0.1, -0.05) is 91.6 Å². The second-order valence-electron chi connectivity index (χ2n) is 7.54. The fraction of sp³-hybridized carbons (Fsp3) is 0.182. The number of fused-ring (bicyclic) bond motifs is 2. The third-order valence-electron chi connectivity index (χ3n) is 4.84. The largest absolute Gasteiger partial charge is 0.0776 e. The Morgan fingerprint density at radius 2 is 1.57 bits per heavy atom. The summed E-state index contributed by atoms with van der Waals surface area (Å²) in [5.41, 5.74) is 5.72. The first-order chi connectivity index (χ1) is 11.0. The summed E-state index contributed by atoms with van der Waals surface area (Å²) >= 11 is 0. The smallest absolute Gasteiger partial charge is 0.0656 e. The lowest BCUT2D eigenvalue weighted by Gasteiger charge is -2.20. The van der Waals surface area contributed by atoms with Crippen LogP contribution in [0.25, 0.3) is 22.4 Å². The molecule has 0 amide bonds. The maximum Gasteiger partial charge on any atom is 0.0776 e. The van der Waals surface area contributed by atoms with Gasteiger partial charge in [-0.2, -0.15) is 0 Å². The molecule has 0 bridgehead atoms. The van der Waals surface area contributed by atoms with Gasteiger partial charge in [-0.3, -0.25) is 0 Å². The summed E-state index contributed by atoms with van der Waals surface area (Å²) in [6.07, 6.45) is 3.43. The van der Waals surface area contributed by atoms with Crippen molar-refractivity contribution in [3.05, 3.63) is 77.4 Å². The zero-order valence-electron chi connectivity index (χ0n) is 14.1. The molecule has 0 fully saturated rings. The van der Waals surface area contributed by atoms with Gasteiger partial charge in [-0.15, -0.1) is 0 Å². The summed E-state index contributed by atoms with van der Waals surface area (Å²) in [7, 11) is -1.34. The molecule has 23 heavy (non-hydrogen) atoms. The van der Waals surface area contributed by atoms with E-state index in [0.29, 0.717) is 0 Å². The van der Waals surface area contributed by atoms with E-state index in [4.69, 9.17) is 0 Å². The minimum atomic E-state index is -1.34. The summed E-state index contributed by atoms with van der Waals surface area (Å²) in [5, 5.41) is 4.30. The van der Waals surface area contributed by atoms with Crippen molar-refractivity contribution in [3.63, 3.8) is 0 Å². The van der Waals surface area contributed by atoms with Gasteiger partial charge in [0.1, 0.15) is 0 Å². The van der Waals surface area contributed by atoms with Gasteiger partial charge in [0, 0.05) is 0 Å². The van der Waals surface area contributed by atoms with Crippen LogP contribution in [0.2, 0.25) is 19.6 Å². The molecule has 4 rings (SSSR count). The summed E-state index contributed by atoms with van der Waals surface area (Å²) in [5.74, 6) is 0. The van der Waals surface area contributed by atoms with E-state index in [9.17, 15) is 0 Å². The first kappa shape index (κ1) is 14.5. The van der Waals surface area contributed by atoms with Crippen LogP contribution in [0.5, 0.6) is 0 Å². The molecule has 0 atom stereocenters. The molecule has 0 heterocycles. The number of rotatable bonds is 2. The topological polar surface area (TPSA) is 0 Å². The van der Waals surface area contributed by atoms with Gasteiger partial charge in [0.15, 0.2) is 0 Å². The molecule has 3 aromatic carbocycles. The molecule has 0 aliphatic heterocycles. The van der Waals surface area contributed by atoms with Crippen LogP contribution >= 0.6 is 0 Å². The van der Waals surface area contributed by atoms with Crippen molar-refractivity contribution in [2.75, 3.05) is 0 Å². The predicted octanol–water partition coefficient (Wildman–Crippen LogP) is 5.48. The Bertz CT molecular complexity index is 926. The summed E-state index contributed by atoms with van der Waals surface area (Å²) in [4.78, 5) is 0. The van der Waals surface area contributed by atoms with Crippen LogP contribution in [0.1, 0.15) is 16.7 Å². The first-order valence-electron chi connectivity index (χ1n) is 8.34. The Kier molecular flexibility index (Phi) is 3.28. The highest BCUT2D eigenvalue weighted by molar-refractivity contribution is 6.88. The van der Waals surface area contributed by atoms with Crippen LogP contribution in [0, 0.1) is 0 Å². The molecule has 1 aliphatic rings. The lowest BCUT2D eigenvalue weighted by atomic mass is 9.97. The van der Waals surface area contributed by atoms with Crippen molar-refractivity contribution >= 4 is 35.7 Å². The Morgan fingerprint density at radius 1 is 0.826 bits per heavy atom. The zero-order chi connectivity index (χ0) is 16.0. The van der Waals surface area contributed by atoms with Crippen LogP contribution < -0.4 is 5.19 Å². The molecule has 0 saturated carbocycles. The number of hydrogen-bond acceptors (Lipinski definition) is 0. The fourth-order valence-electron chi connectivity index (χ4n) is 3.46. The van der Waals surface area contributed by atoms with Crippen molar-refractivity contribution < 1.29 is 0 Å². The minimum Gasteiger partial charge on any atom is -0.0656 e. The van der Waals surface area contributed by atoms with E-state index in [0.717, 1.165) is 6.42 Å². The number of allylic oxidation sites excluding steroid dienone is 1. The molecular formula is C22H22Si. The van der Waals surface area contributed by atoms with Crippen molar-refractivity contribution in [2.45, 2.75) is 26.1 Å². The van der Waals surface area contributed by atoms with Gasteiger partial charge in [0.05, 0.1) is 8.07 Å². The van der Waals surface area contributed by atoms with Gasteiger partial charge >= 0.3 is 0 Å². The van der Waals surface area contributed by atoms with E-state index in [-0.39, 0.29) is 0 Å². The monoisotopic (exact) mass is 314 g/mol. The molecule has 0 radical (unpaired) electrons. The van der Waals surface area contributed by atoms with E-state index in [1.807, 2.05) is 0 Å². The molecule has 3 aromatic rings. The molecule has 0 N–H and O–H groups in total. The van der Waals surface area contributed by atoms with Gasteiger partial charge in [-0.25, -0.2) is 0 Å². The number of benzene rings is 3. The van der Waals surface area contributed by atoms with E-state index < -0.39 is 8.07 Å². The highest BCUT2D eigenvalue weighted by atomic mass is 28.3. The average molecular weight is 315 g/mol. The molecular weight excluding hydrogens is 292 g/mol.